The highest BCUT2D eigenvalue weighted by Crippen LogP contribution is 2.20. The van der Waals surface area contributed by atoms with E-state index >= 15 is 0 Å². The molecule has 18 heavy (non-hydrogen) atoms. The standard InChI is InChI=1S/C13H14ClN3O/c1-3-9-6-5-7-15-11(9)13(18)12-10(14)8-16-17(12)4-2/h5-8H,3-4H2,1-2H3. The maximum atomic E-state index is 12.5. The van der Waals surface area contributed by atoms with Crippen LogP contribution in [0.4, 0.5) is 0 Å². The van der Waals surface area contributed by atoms with Crippen LogP contribution < -0.4 is 0 Å². The Bertz CT molecular complexity index is 577. The number of ketones is 1. The number of aryl methyl sites for hydroxylation is 2. The van der Waals surface area contributed by atoms with Crippen molar-refractivity contribution in [1.82, 2.24) is 14.8 Å². The fourth-order valence-corrected chi connectivity index (χ4v) is 2.10. The maximum absolute atomic E-state index is 12.5. The third-order valence-corrected chi connectivity index (χ3v) is 3.07. The lowest BCUT2D eigenvalue weighted by molar-refractivity contribution is 0.102. The number of rotatable bonds is 4. The van der Waals surface area contributed by atoms with E-state index in [1.165, 1.54) is 6.20 Å². The molecule has 0 atom stereocenters. The smallest absolute Gasteiger partial charge is 0.231 e. The van der Waals surface area contributed by atoms with Gasteiger partial charge in [0.15, 0.2) is 0 Å². The number of hydrogen-bond donors (Lipinski definition) is 0. The number of carbonyl (C=O) groups is 1. The van der Waals surface area contributed by atoms with Crippen LogP contribution in [0.15, 0.2) is 24.5 Å². The minimum atomic E-state index is -0.170. The minimum absolute atomic E-state index is 0.170. The van der Waals surface area contributed by atoms with E-state index in [1.54, 1.807) is 10.9 Å². The summed E-state index contributed by atoms with van der Waals surface area (Å²) in [7, 11) is 0. The average Bonchev–Trinajstić information content (AvgIpc) is 2.79. The number of halogens is 1. The number of nitrogens with zero attached hydrogens (tertiary/aromatic N) is 3. The van der Waals surface area contributed by atoms with Crippen LogP contribution in [0.2, 0.25) is 5.02 Å². The van der Waals surface area contributed by atoms with Crippen LogP contribution in [-0.4, -0.2) is 20.5 Å². The monoisotopic (exact) mass is 263 g/mol. The first-order valence-electron chi connectivity index (χ1n) is 5.88. The molecule has 4 nitrogen and oxygen atoms in total. The van der Waals surface area contributed by atoms with Crippen LogP contribution >= 0.6 is 11.6 Å². The first kappa shape index (κ1) is 12.8. The van der Waals surface area contributed by atoms with Crippen molar-refractivity contribution >= 4 is 17.4 Å². The van der Waals surface area contributed by atoms with Crippen LogP contribution in [0, 0.1) is 0 Å². The Kier molecular flexibility index (Phi) is 3.77. The molecule has 0 unspecified atom stereocenters. The first-order chi connectivity index (χ1) is 8.69. The third-order valence-electron chi connectivity index (χ3n) is 2.80. The molecule has 0 radical (unpaired) electrons. The second-order valence-corrected chi connectivity index (χ2v) is 4.26. The molecule has 5 heteroatoms. The highest BCUT2D eigenvalue weighted by molar-refractivity contribution is 6.34. The molecule has 0 spiro atoms. The SMILES string of the molecule is CCc1cccnc1C(=O)c1c(Cl)cnn1CC. The van der Waals surface area contributed by atoms with E-state index in [2.05, 4.69) is 10.1 Å². The summed E-state index contributed by atoms with van der Waals surface area (Å²) in [4.78, 5) is 16.7. The summed E-state index contributed by atoms with van der Waals surface area (Å²) in [5.41, 5.74) is 1.78. The maximum Gasteiger partial charge on any atom is 0.231 e. The Morgan fingerprint density at radius 2 is 2.22 bits per heavy atom. The summed E-state index contributed by atoms with van der Waals surface area (Å²) in [5, 5.41) is 4.44. The summed E-state index contributed by atoms with van der Waals surface area (Å²) >= 11 is 6.03. The van der Waals surface area contributed by atoms with Crippen LogP contribution in [-0.2, 0) is 13.0 Å². The predicted octanol–water partition coefficient (Wildman–Crippen LogP) is 2.74. The zero-order valence-corrected chi connectivity index (χ0v) is 11.1. The number of hydrogen-bond acceptors (Lipinski definition) is 3. The molecule has 0 aliphatic heterocycles. The molecule has 0 bridgehead atoms. The van der Waals surface area contributed by atoms with E-state index in [-0.39, 0.29) is 5.78 Å². The fraction of sp³-hybridized carbons (Fsp3) is 0.308. The van der Waals surface area contributed by atoms with Crippen molar-refractivity contribution in [3.05, 3.63) is 46.5 Å². The van der Waals surface area contributed by atoms with E-state index in [1.807, 2.05) is 26.0 Å². The Hall–Kier alpha value is -1.68. The van der Waals surface area contributed by atoms with Crippen molar-refractivity contribution in [3.63, 3.8) is 0 Å². The second-order valence-electron chi connectivity index (χ2n) is 3.85. The molecule has 0 aliphatic rings. The van der Waals surface area contributed by atoms with Gasteiger partial charge in [-0.15, -0.1) is 0 Å². The van der Waals surface area contributed by atoms with Gasteiger partial charge in [-0.1, -0.05) is 24.6 Å². The van der Waals surface area contributed by atoms with Crippen molar-refractivity contribution in [1.29, 1.82) is 0 Å². The normalized spacial score (nSPS) is 10.6. The van der Waals surface area contributed by atoms with Gasteiger partial charge in [0.1, 0.15) is 11.4 Å². The van der Waals surface area contributed by atoms with Gasteiger partial charge in [0.2, 0.25) is 5.78 Å². The second kappa shape index (κ2) is 5.31. The van der Waals surface area contributed by atoms with Crippen LogP contribution in [0.5, 0.6) is 0 Å². The summed E-state index contributed by atoms with van der Waals surface area (Å²) in [6.45, 7) is 4.51. The molecular weight excluding hydrogens is 250 g/mol. The average molecular weight is 264 g/mol. The molecule has 0 saturated heterocycles. The molecule has 0 aromatic carbocycles. The van der Waals surface area contributed by atoms with E-state index in [4.69, 9.17) is 11.6 Å². The molecule has 0 N–H and O–H groups in total. The number of carbonyl (C=O) groups excluding carboxylic acids is 1. The quantitative estimate of drug-likeness (QED) is 0.797. The lowest BCUT2D eigenvalue weighted by atomic mass is 10.1. The van der Waals surface area contributed by atoms with E-state index < -0.39 is 0 Å². The number of aromatic nitrogens is 3. The zero-order chi connectivity index (χ0) is 13.1. The lowest BCUT2D eigenvalue weighted by Crippen LogP contribution is -2.14. The van der Waals surface area contributed by atoms with Gasteiger partial charge in [0, 0.05) is 12.7 Å². The van der Waals surface area contributed by atoms with Gasteiger partial charge >= 0.3 is 0 Å². The molecular formula is C13H14ClN3O. The van der Waals surface area contributed by atoms with Gasteiger partial charge in [0.25, 0.3) is 0 Å². The Morgan fingerprint density at radius 1 is 1.44 bits per heavy atom. The lowest BCUT2D eigenvalue weighted by Gasteiger charge is -2.07. The third kappa shape index (κ3) is 2.16. The van der Waals surface area contributed by atoms with Gasteiger partial charge in [-0.3, -0.25) is 14.5 Å². The van der Waals surface area contributed by atoms with Crippen LogP contribution in [0.25, 0.3) is 0 Å². The largest absolute Gasteiger partial charge is 0.285 e. The van der Waals surface area contributed by atoms with E-state index in [0.29, 0.717) is 23.0 Å². The molecule has 2 heterocycles. The topological polar surface area (TPSA) is 47.8 Å². The van der Waals surface area contributed by atoms with Crippen molar-refractivity contribution in [2.24, 2.45) is 0 Å². The van der Waals surface area contributed by atoms with Crippen LogP contribution in [0.1, 0.15) is 35.6 Å². The van der Waals surface area contributed by atoms with Gasteiger partial charge in [-0.25, -0.2) is 0 Å². The fourth-order valence-electron chi connectivity index (χ4n) is 1.87. The van der Waals surface area contributed by atoms with Crippen LogP contribution in [0.3, 0.4) is 0 Å². The molecule has 0 aliphatic carbocycles. The Labute approximate surface area is 111 Å². The van der Waals surface area contributed by atoms with Gasteiger partial charge < -0.3 is 0 Å². The predicted molar refractivity (Wildman–Crippen MR) is 70.0 cm³/mol. The van der Waals surface area contributed by atoms with Crippen molar-refractivity contribution in [2.75, 3.05) is 0 Å². The summed E-state index contributed by atoms with van der Waals surface area (Å²) in [5.74, 6) is -0.170. The molecule has 0 amide bonds. The Morgan fingerprint density at radius 3 is 2.89 bits per heavy atom. The molecule has 0 saturated carbocycles. The summed E-state index contributed by atoms with van der Waals surface area (Å²) in [6.07, 6.45) is 3.87. The van der Waals surface area contributed by atoms with Gasteiger partial charge in [-0.05, 0) is 25.0 Å². The Balaban J connectivity index is 2.51. The molecule has 0 fully saturated rings. The van der Waals surface area contributed by atoms with Crippen molar-refractivity contribution < 1.29 is 4.79 Å². The van der Waals surface area contributed by atoms with Crippen molar-refractivity contribution in [3.8, 4) is 0 Å². The van der Waals surface area contributed by atoms with Gasteiger partial charge in [-0.2, -0.15) is 5.10 Å². The van der Waals surface area contributed by atoms with E-state index in [0.717, 1.165) is 12.0 Å². The minimum Gasteiger partial charge on any atom is -0.285 e. The summed E-state index contributed by atoms with van der Waals surface area (Å²) < 4.78 is 1.60. The zero-order valence-electron chi connectivity index (χ0n) is 10.4. The van der Waals surface area contributed by atoms with Crippen molar-refractivity contribution in [2.45, 2.75) is 26.8 Å². The molecule has 2 aromatic rings. The first-order valence-corrected chi connectivity index (χ1v) is 6.26. The summed E-state index contributed by atoms with van der Waals surface area (Å²) in [6, 6.07) is 3.73. The van der Waals surface area contributed by atoms with E-state index in [9.17, 15) is 4.79 Å². The molecule has 94 valence electrons. The molecule has 2 aromatic heterocycles. The highest BCUT2D eigenvalue weighted by atomic mass is 35.5. The highest BCUT2D eigenvalue weighted by Gasteiger charge is 2.21. The molecule has 2 rings (SSSR count). The number of pyridine rings is 1. The van der Waals surface area contributed by atoms with Gasteiger partial charge in [0.05, 0.1) is 11.2 Å².